The Balaban J connectivity index is 1.51. The zero-order valence-electron chi connectivity index (χ0n) is 21.6. The number of hydrogen-bond donors (Lipinski definition) is 1. The van der Waals surface area contributed by atoms with E-state index in [-0.39, 0.29) is 11.3 Å². The molecule has 1 atom stereocenters. The maximum absolute atomic E-state index is 13.2. The molecule has 0 aliphatic carbocycles. The molecule has 1 unspecified atom stereocenters. The Morgan fingerprint density at radius 1 is 0.946 bits per heavy atom. The molecule has 1 amide bonds. The molecule has 1 heterocycles. The van der Waals surface area contributed by atoms with Crippen LogP contribution in [0.5, 0.6) is 17.2 Å². The summed E-state index contributed by atoms with van der Waals surface area (Å²) in [6.45, 7) is 3.46. The highest BCUT2D eigenvalue weighted by molar-refractivity contribution is 7.18. The van der Waals surface area contributed by atoms with Crippen LogP contribution in [0.1, 0.15) is 27.9 Å². The van der Waals surface area contributed by atoms with Crippen molar-refractivity contribution in [1.82, 2.24) is 10.3 Å². The molecular formula is C29H32N2O5S. The van der Waals surface area contributed by atoms with E-state index >= 15 is 0 Å². The molecule has 1 aromatic heterocycles. The molecule has 8 heteroatoms. The molecule has 0 radical (unpaired) electrons. The maximum Gasteiger partial charge on any atom is 0.251 e. The molecule has 0 fully saturated rings. The van der Waals surface area contributed by atoms with Gasteiger partial charge in [-0.1, -0.05) is 49.4 Å². The first-order valence-corrected chi connectivity index (χ1v) is 12.8. The highest BCUT2D eigenvalue weighted by Gasteiger charge is 2.28. The number of rotatable bonds is 12. The summed E-state index contributed by atoms with van der Waals surface area (Å²) in [5.41, 5.74) is 2.11. The summed E-state index contributed by atoms with van der Waals surface area (Å²) in [5.74, 6) is 1.06. The predicted octanol–water partition coefficient (Wildman–Crippen LogP) is 5.52. The van der Waals surface area contributed by atoms with Gasteiger partial charge in [-0.25, -0.2) is 4.98 Å². The average Bonchev–Trinajstić information content (AvgIpc) is 3.33. The minimum absolute atomic E-state index is 0.238. The molecule has 0 aliphatic heterocycles. The van der Waals surface area contributed by atoms with Crippen LogP contribution in [-0.2, 0) is 17.8 Å². The fourth-order valence-corrected chi connectivity index (χ4v) is 5.31. The van der Waals surface area contributed by atoms with Crippen LogP contribution in [0.4, 0.5) is 0 Å². The number of hydrogen-bond acceptors (Lipinski definition) is 7. The van der Waals surface area contributed by atoms with Crippen molar-refractivity contribution in [2.45, 2.75) is 20.0 Å². The molecule has 7 nitrogen and oxygen atoms in total. The fraction of sp³-hybridized carbons (Fsp3) is 0.310. The minimum Gasteiger partial charge on any atom is -0.493 e. The van der Waals surface area contributed by atoms with Crippen LogP contribution >= 0.6 is 11.3 Å². The van der Waals surface area contributed by atoms with Crippen molar-refractivity contribution >= 4 is 27.5 Å². The molecule has 0 bridgehead atoms. The van der Waals surface area contributed by atoms with Gasteiger partial charge in [0.25, 0.3) is 5.91 Å². The Hall–Kier alpha value is -3.62. The first-order valence-electron chi connectivity index (χ1n) is 12.0. The number of ether oxygens (including phenoxy) is 4. The third-order valence-corrected chi connectivity index (χ3v) is 7.12. The highest BCUT2D eigenvalue weighted by Crippen LogP contribution is 2.38. The molecule has 0 saturated heterocycles. The lowest BCUT2D eigenvalue weighted by Crippen LogP contribution is -2.40. The Morgan fingerprint density at radius 3 is 2.27 bits per heavy atom. The standard InChI is InChI=1S/C29H32N2O5S/c1-29(19-36-17-20-10-6-5-7-11-20,16-26-31-22-12-8-9-13-25(22)37-26)18-30-28(32)21-14-23(33-2)27(35-4)24(15-21)34-3/h5-15H,16-19H2,1-4H3,(H,30,32). The van der Waals surface area contributed by atoms with Gasteiger partial charge in [-0.3, -0.25) is 4.79 Å². The zero-order valence-corrected chi connectivity index (χ0v) is 22.4. The van der Waals surface area contributed by atoms with Crippen molar-refractivity contribution < 1.29 is 23.7 Å². The van der Waals surface area contributed by atoms with Gasteiger partial charge in [0.15, 0.2) is 11.5 Å². The van der Waals surface area contributed by atoms with E-state index in [0.29, 0.717) is 49.0 Å². The zero-order chi connectivity index (χ0) is 26.3. The lowest BCUT2D eigenvalue weighted by molar-refractivity contribution is 0.0412. The molecule has 4 aromatic rings. The van der Waals surface area contributed by atoms with Gasteiger partial charge in [0, 0.05) is 23.9 Å². The van der Waals surface area contributed by atoms with E-state index in [1.54, 1.807) is 23.5 Å². The minimum atomic E-state index is -0.390. The van der Waals surface area contributed by atoms with E-state index in [4.69, 9.17) is 23.9 Å². The summed E-state index contributed by atoms with van der Waals surface area (Å²) < 4.78 is 23.5. The number of para-hydroxylation sites is 1. The molecule has 0 spiro atoms. The first-order chi connectivity index (χ1) is 17.9. The van der Waals surface area contributed by atoms with Gasteiger partial charge < -0.3 is 24.3 Å². The second kappa shape index (κ2) is 12.1. The lowest BCUT2D eigenvalue weighted by Gasteiger charge is -2.29. The molecule has 37 heavy (non-hydrogen) atoms. The van der Waals surface area contributed by atoms with E-state index in [2.05, 4.69) is 18.3 Å². The average molecular weight is 521 g/mol. The third-order valence-electron chi connectivity index (χ3n) is 6.08. The summed E-state index contributed by atoms with van der Waals surface area (Å²) in [6, 6.07) is 21.5. The van der Waals surface area contributed by atoms with Crippen molar-refractivity contribution in [2.24, 2.45) is 5.41 Å². The molecule has 3 aromatic carbocycles. The van der Waals surface area contributed by atoms with E-state index in [1.807, 2.05) is 48.5 Å². The third kappa shape index (κ3) is 6.58. The number of amides is 1. The summed E-state index contributed by atoms with van der Waals surface area (Å²) >= 11 is 1.67. The first kappa shape index (κ1) is 26.4. The Labute approximate surface area is 221 Å². The molecule has 4 rings (SSSR count). The largest absolute Gasteiger partial charge is 0.493 e. The van der Waals surface area contributed by atoms with Crippen molar-refractivity contribution in [2.75, 3.05) is 34.5 Å². The van der Waals surface area contributed by atoms with Crippen molar-refractivity contribution in [3.8, 4) is 17.2 Å². The molecule has 0 saturated carbocycles. The molecule has 1 N–H and O–H groups in total. The van der Waals surface area contributed by atoms with Crippen molar-refractivity contribution in [3.63, 3.8) is 0 Å². The Bertz CT molecular complexity index is 1280. The van der Waals surface area contributed by atoms with Gasteiger partial charge in [-0.05, 0) is 29.8 Å². The van der Waals surface area contributed by atoms with Gasteiger partial charge >= 0.3 is 0 Å². The van der Waals surface area contributed by atoms with Crippen LogP contribution in [0.15, 0.2) is 66.7 Å². The van der Waals surface area contributed by atoms with Crippen LogP contribution in [0.3, 0.4) is 0 Å². The number of fused-ring (bicyclic) bond motifs is 1. The van der Waals surface area contributed by atoms with E-state index in [0.717, 1.165) is 20.8 Å². The number of carbonyl (C=O) groups excluding carboxylic acids is 1. The molecule has 194 valence electrons. The second-order valence-corrected chi connectivity index (χ2v) is 10.3. The topological polar surface area (TPSA) is 78.9 Å². The maximum atomic E-state index is 13.2. The number of thiazole rings is 1. The van der Waals surface area contributed by atoms with Crippen molar-refractivity contribution in [1.29, 1.82) is 0 Å². The quantitative estimate of drug-likeness (QED) is 0.265. The number of nitrogens with one attached hydrogen (secondary N) is 1. The normalized spacial score (nSPS) is 12.6. The predicted molar refractivity (Wildman–Crippen MR) is 146 cm³/mol. The Morgan fingerprint density at radius 2 is 1.62 bits per heavy atom. The van der Waals surface area contributed by atoms with Crippen LogP contribution in [0, 0.1) is 5.41 Å². The monoisotopic (exact) mass is 520 g/mol. The lowest BCUT2D eigenvalue weighted by atomic mass is 9.87. The van der Waals surface area contributed by atoms with Crippen LogP contribution in [0.2, 0.25) is 0 Å². The number of methoxy groups -OCH3 is 3. The summed E-state index contributed by atoms with van der Waals surface area (Å²) in [7, 11) is 4.58. The van der Waals surface area contributed by atoms with E-state index in [1.165, 1.54) is 21.3 Å². The van der Waals surface area contributed by atoms with Crippen LogP contribution < -0.4 is 19.5 Å². The Kier molecular flexibility index (Phi) is 8.63. The second-order valence-electron chi connectivity index (χ2n) is 9.14. The van der Waals surface area contributed by atoms with E-state index in [9.17, 15) is 4.79 Å². The highest BCUT2D eigenvalue weighted by atomic mass is 32.1. The number of benzene rings is 3. The smallest absolute Gasteiger partial charge is 0.251 e. The number of aromatic nitrogens is 1. The summed E-state index contributed by atoms with van der Waals surface area (Å²) in [5, 5.41) is 4.10. The molecule has 0 aliphatic rings. The summed E-state index contributed by atoms with van der Waals surface area (Å²) in [6.07, 6.45) is 0.663. The number of carbonyl (C=O) groups is 1. The number of nitrogens with zero attached hydrogens (tertiary/aromatic N) is 1. The van der Waals surface area contributed by atoms with Gasteiger partial charge in [0.05, 0.1) is 49.8 Å². The molecular weight excluding hydrogens is 488 g/mol. The van der Waals surface area contributed by atoms with Crippen LogP contribution in [0.25, 0.3) is 10.2 Å². The van der Waals surface area contributed by atoms with Gasteiger partial charge in [0.1, 0.15) is 0 Å². The van der Waals surface area contributed by atoms with Gasteiger partial charge in [0.2, 0.25) is 5.75 Å². The SMILES string of the molecule is COc1cc(C(=O)NCC(C)(COCc2ccccc2)Cc2nc3ccccc3s2)cc(OC)c1OC. The fourth-order valence-electron chi connectivity index (χ4n) is 4.12. The van der Waals surface area contributed by atoms with Gasteiger partial charge in [-0.2, -0.15) is 0 Å². The van der Waals surface area contributed by atoms with E-state index < -0.39 is 0 Å². The van der Waals surface area contributed by atoms with Crippen molar-refractivity contribution in [3.05, 3.63) is 82.9 Å². The summed E-state index contributed by atoms with van der Waals surface area (Å²) in [4.78, 5) is 18.0. The van der Waals surface area contributed by atoms with Crippen LogP contribution in [-0.4, -0.2) is 45.4 Å². The van der Waals surface area contributed by atoms with Gasteiger partial charge in [-0.15, -0.1) is 11.3 Å².